The van der Waals surface area contributed by atoms with Crippen molar-refractivity contribution >= 4 is 23.2 Å². The maximum atomic E-state index is 12.5. The Kier molecular flexibility index (Phi) is 4.64. The molecule has 0 atom stereocenters. The summed E-state index contributed by atoms with van der Waals surface area (Å²) in [5.74, 6) is -0.101. The number of hydrogen-bond acceptors (Lipinski definition) is 2. The molecule has 0 aliphatic carbocycles. The highest BCUT2D eigenvalue weighted by atomic mass is 35.5. The first-order chi connectivity index (χ1) is 9.63. The Balaban J connectivity index is 2.23. The fraction of sp³-hybridized carbons (Fsp3) is 0.188. The number of carbonyl (C=O) groups is 1. The van der Waals surface area contributed by atoms with Crippen LogP contribution >= 0.6 is 11.6 Å². The predicted molar refractivity (Wildman–Crippen MR) is 82.7 cm³/mol. The molecule has 2 aromatic rings. The third-order valence-corrected chi connectivity index (χ3v) is 3.50. The van der Waals surface area contributed by atoms with E-state index < -0.39 is 0 Å². The Morgan fingerprint density at radius 2 is 1.85 bits per heavy atom. The molecule has 3 nitrogen and oxygen atoms in total. The molecule has 0 aliphatic rings. The summed E-state index contributed by atoms with van der Waals surface area (Å²) in [5, 5.41) is 0.409. The van der Waals surface area contributed by atoms with Crippen LogP contribution in [0.3, 0.4) is 0 Å². The minimum absolute atomic E-state index is 0.101. The summed E-state index contributed by atoms with van der Waals surface area (Å²) in [4.78, 5) is 14.3. The van der Waals surface area contributed by atoms with Crippen LogP contribution in [0, 0.1) is 0 Å². The molecule has 0 spiro atoms. The lowest BCUT2D eigenvalue weighted by atomic mass is 10.1. The molecule has 0 bridgehead atoms. The number of carbonyl (C=O) groups excluding carboxylic acids is 1. The Labute approximate surface area is 124 Å². The zero-order valence-electron chi connectivity index (χ0n) is 11.3. The molecule has 1 amide bonds. The van der Waals surface area contributed by atoms with Crippen LogP contribution in [-0.4, -0.2) is 17.4 Å². The van der Waals surface area contributed by atoms with Crippen LogP contribution in [0.2, 0.25) is 5.02 Å². The van der Waals surface area contributed by atoms with Gasteiger partial charge in [-0.3, -0.25) is 4.79 Å². The zero-order chi connectivity index (χ0) is 14.5. The molecule has 2 rings (SSSR count). The van der Waals surface area contributed by atoms with Crippen molar-refractivity contribution in [1.29, 1.82) is 0 Å². The van der Waals surface area contributed by atoms with E-state index in [0.29, 0.717) is 29.4 Å². The number of nitrogen functional groups attached to an aromatic ring is 1. The lowest BCUT2D eigenvalue weighted by Gasteiger charge is -2.22. The summed E-state index contributed by atoms with van der Waals surface area (Å²) in [6.45, 7) is 3.11. The van der Waals surface area contributed by atoms with Crippen molar-refractivity contribution in [2.75, 3.05) is 12.3 Å². The van der Waals surface area contributed by atoms with Gasteiger partial charge in [-0.15, -0.1) is 0 Å². The molecule has 4 heteroatoms. The number of anilines is 1. The van der Waals surface area contributed by atoms with Gasteiger partial charge in [0.05, 0.1) is 16.3 Å². The smallest absolute Gasteiger partial charge is 0.256 e. The largest absolute Gasteiger partial charge is 0.397 e. The molecular formula is C16H17ClN2O. The number of benzene rings is 2. The normalized spacial score (nSPS) is 10.3. The summed E-state index contributed by atoms with van der Waals surface area (Å²) in [5.41, 5.74) is 7.77. The predicted octanol–water partition coefficient (Wildman–Crippen LogP) is 3.58. The molecule has 0 saturated carbocycles. The van der Waals surface area contributed by atoms with E-state index >= 15 is 0 Å². The van der Waals surface area contributed by atoms with Crippen LogP contribution in [-0.2, 0) is 6.54 Å². The molecular weight excluding hydrogens is 272 g/mol. The maximum absolute atomic E-state index is 12.5. The SMILES string of the molecule is CCN(Cc1ccccc1)C(=O)c1cccc(Cl)c1N. The third-order valence-electron chi connectivity index (χ3n) is 3.17. The van der Waals surface area contributed by atoms with E-state index in [4.69, 9.17) is 17.3 Å². The van der Waals surface area contributed by atoms with Gasteiger partial charge in [-0.2, -0.15) is 0 Å². The second kappa shape index (κ2) is 6.44. The summed E-state index contributed by atoms with van der Waals surface area (Å²) < 4.78 is 0. The quantitative estimate of drug-likeness (QED) is 0.874. The number of para-hydroxylation sites is 1. The Bertz CT molecular complexity index is 599. The average molecular weight is 289 g/mol. The van der Waals surface area contributed by atoms with Gasteiger partial charge in [0.2, 0.25) is 0 Å². The van der Waals surface area contributed by atoms with Gasteiger partial charge in [0.1, 0.15) is 0 Å². The van der Waals surface area contributed by atoms with Gasteiger partial charge in [-0.1, -0.05) is 48.0 Å². The highest BCUT2D eigenvalue weighted by molar-refractivity contribution is 6.33. The minimum atomic E-state index is -0.101. The molecule has 20 heavy (non-hydrogen) atoms. The molecule has 0 radical (unpaired) electrons. The van der Waals surface area contributed by atoms with Crippen molar-refractivity contribution in [3.05, 3.63) is 64.7 Å². The van der Waals surface area contributed by atoms with Crippen LogP contribution in [0.25, 0.3) is 0 Å². The highest BCUT2D eigenvalue weighted by Gasteiger charge is 2.18. The molecule has 0 unspecified atom stereocenters. The topological polar surface area (TPSA) is 46.3 Å². The van der Waals surface area contributed by atoms with Gasteiger partial charge in [0.25, 0.3) is 5.91 Å². The van der Waals surface area contributed by atoms with Gasteiger partial charge in [-0.25, -0.2) is 0 Å². The number of nitrogens with zero attached hydrogens (tertiary/aromatic N) is 1. The van der Waals surface area contributed by atoms with Gasteiger partial charge in [0, 0.05) is 13.1 Å². The Morgan fingerprint density at radius 3 is 2.50 bits per heavy atom. The molecule has 104 valence electrons. The van der Waals surface area contributed by atoms with E-state index in [1.165, 1.54) is 0 Å². The first kappa shape index (κ1) is 14.4. The molecule has 2 N–H and O–H groups in total. The van der Waals surface area contributed by atoms with E-state index in [2.05, 4.69) is 0 Å². The number of amides is 1. The fourth-order valence-corrected chi connectivity index (χ4v) is 2.20. The highest BCUT2D eigenvalue weighted by Crippen LogP contribution is 2.24. The summed E-state index contributed by atoms with van der Waals surface area (Å²) >= 11 is 5.97. The van der Waals surface area contributed by atoms with Crippen LogP contribution in [0.4, 0.5) is 5.69 Å². The van der Waals surface area contributed by atoms with Crippen LogP contribution in [0.5, 0.6) is 0 Å². The van der Waals surface area contributed by atoms with E-state index in [-0.39, 0.29) is 5.91 Å². The van der Waals surface area contributed by atoms with Crippen LogP contribution in [0.1, 0.15) is 22.8 Å². The zero-order valence-corrected chi connectivity index (χ0v) is 12.1. The monoisotopic (exact) mass is 288 g/mol. The third kappa shape index (κ3) is 3.11. The minimum Gasteiger partial charge on any atom is -0.397 e. The first-order valence-corrected chi connectivity index (χ1v) is 6.88. The van der Waals surface area contributed by atoms with Gasteiger partial charge < -0.3 is 10.6 Å². The van der Waals surface area contributed by atoms with E-state index in [0.717, 1.165) is 5.56 Å². The first-order valence-electron chi connectivity index (χ1n) is 6.50. The van der Waals surface area contributed by atoms with Crippen molar-refractivity contribution < 1.29 is 4.79 Å². The van der Waals surface area contributed by atoms with Gasteiger partial charge in [-0.05, 0) is 24.6 Å². The van der Waals surface area contributed by atoms with E-state index in [1.807, 2.05) is 37.3 Å². The van der Waals surface area contributed by atoms with Crippen molar-refractivity contribution in [2.24, 2.45) is 0 Å². The van der Waals surface area contributed by atoms with Crippen molar-refractivity contribution in [3.8, 4) is 0 Å². The van der Waals surface area contributed by atoms with Crippen molar-refractivity contribution in [1.82, 2.24) is 4.90 Å². The summed E-state index contributed by atoms with van der Waals surface area (Å²) in [7, 11) is 0. The maximum Gasteiger partial charge on any atom is 0.256 e. The average Bonchev–Trinajstić information content (AvgIpc) is 2.48. The number of hydrogen-bond donors (Lipinski definition) is 1. The standard InChI is InChI=1S/C16H17ClN2O/c1-2-19(11-12-7-4-3-5-8-12)16(20)13-9-6-10-14(17)15(13)18/h3-10H,2,11,18H2,1H3. The second-order valence-electron chi connectivity index (χ2n) is 4.51. The molecule has 0 aromatic heterocycles. The van der Waals surface area contributed by atoms with Crippen LogP contribution < -0.4 is 5.73 Å². The molecule has 2 aromatic carbocycles. The van der Waals surface area contributed by atoms with Gasteiger partial charge in [0.15, 0.2) is 0 Å². The lowest BCUT2D eigenvalue weighted by Crippen LogP contribution is -2.30. The fourth-order valence-electron chi connectivity index (χ4n) is 2.02. The number of nitrogens with two attached hydrogens (primary N) is 1. The lowest BCUT2D eigenvalue weighted by molar-refractivity contribution is 0.0753. The Hall–Kier alpha value is -2.00. The Morgan fingerprint density at radius 1 is 1.15 bits per heavy atom. The summed E-state index contributed by atoms with van der Waals surface area (Å²) in [6.07, 6.45) is 0. The van der Waals surface area contributed by atoms with Crippen LogP contribution in [0.15, 0.2) is 48.5 Å². The second-order valence-corrected chi connectivity index (χ2v) is 4.91. The van der Waals surface area contributed by atoms with Gasteiger partial charge >= 0.3 is 0 Å². The number of halogens is 1. The van der Waals surface area contributed by atoms with E-state index in [9.17, 15) is 4.79 Å². The van der Waals surface area contributed by atoms with Crippen molar-refractivity contribution in [3.63, 3.8) is 0 Å². The summed E-state index contributed by atoms with van der Waals surface area (Å²) in [6, 6.07) is 15.0. The number of rotatable bonds is 4. The molecule has 0 heterocycles. The van der Waals surface area contributed by atoms with E-state index in [1.54, 1.807) is 23.1 Å². The molecule has 0 saturated heterocycles. The van der Waals surface area contributed by atoms with Crippen molar-refractivity contribution in [2.45, 2.75) is 13.5 Å². The molecule has 0 fully saturated rings. The molecule has 0 aliphatic heterocycles.